The molecule has 0 amide bonds. The molecule has 1 aromatic carbocycles. The van der Waals surface area contributed by atoms with Gasteiger partial charge in [0.1, 0.15) is 23.1 Å². The number of aromatic nitrogens is 2. The van der Waals surface area contributed by atoms with E-state index in [1.165, 1.54) is 6.07 Å². The van der Waals surface area contributed by atoms with Crippen LogP contribution in [-0.4, -0.2) is 39.4 Å². The van der Waals surface area contributed by atoms with E-state index >= 15 is 0 Å². The molecule has 3 atom stereocenters. The molecule has 2 aliphatic heterocycles. The number of carbonyl (C=O) groups is 1. The second-order valence-corrected chi connectivity index (χ2v) is 10.4. The average Bonchev–Trinajstić information content (AvgIpc) is 3.55. The monoisotopic (exact) mass is 491 g/mol. The first kappa shape index (κ1) is 23.2. The lowest BCUT2D eigenvalue weighted by atomic mass is 9.98. The van der Waals surface area contributed by atoms with Crippen molar-refractivity contribution in [1.82, 2.24) is 10.1 Å². The smallest absolute Gasteiger partial charge is 0.337 e. The van der Waals surface area contributed by atoms with E-state index in [0.29, 0.717) is 41.6 Å². The maximum absolute atomic E-state index is 14.8. The van der Waals surface area contributed by atoms with Crippen molar-refractivity contribution in [2.24, 2.45) is 0 Å². The van der Waals surface area contributed by atoms with Gasteiger partial charge in [-0.25, -0.2) is 14.2 Å². The number of fused-ring (bicyclic) bond motifs is 2. The van der Waals surface area contributed by atoms with E-state index in [1.807, 2.05) is 19.1 Å². The van der Waals surface area contributed by atoms with E-state index in [4.69, 9.17) is 9.26 Å². The van der Waals surface area contributed by atoms with Crippen LogP contribution in [0.1, 0.15) is 77.4 Å². The van der Waals surface area contributed by atoms with Gasteiger partial charge in [-0.05, 0) is 76.1 Å². The highest BCUT2D eigenvalue weighted by atomic mass is 19.1. The summed E-state index contributed by atoms with van der Waals surface area (Å²) in [6.07, 6.45) is 6.07. The van der Waals surface area contributed by atoms with Crippen LogP contribution < -0.4 is 4.90 Å². The number of halogens is 1. The summed E-state index contributed by atoms with van der Waals surface area (Å²) in [6, 6.07) is 9.14. The molecule has 3 aliphatic rings. The first-order chi connectivity index (χ1) is 17.4. The number of aromatic carboxylic acids is 1. The Morgan fingerprint density at radius 1 is 1.14 bits per heavy atom. The van der Waals surface area contributed by atoms with E-state index in [-0.39, 0.29) is 17.5 Å². The molecule has 1 N–H and O–H groups in total. The van der Waals surface area contributed by atoms with Crippen molar-refractivity contribution in [2.45, 2.75) is 83.1 Å². The van der Waals surface area contributed by atoms with E-state index in [0.717, 1.165) is 61.2 Å². The fourth-order valence-electron chi connectivity index (χ4n) is 6.01. The Kier molecular flexibility index (Phi) is 5.79. The Bertz CT molecular complexity index is 1280. The molecular formula is C28H30FN3O4. The number of rotatable bonds is 7. The van der Waals surface area contributed by atoms with Crippen LogP contribution in [0.5, 0.6) is 0 Å². The number of hydrogen-bond donors (Lipinski definition) is 1. The van der Waals surface area contributed by atoms with Crippen molar-refractivity contribution in [3.05, 3.63) is 64.3 Å². The maximum atomic E-state index is 14.8. The summed E-state index contributed by atoms with van der Waals surface area (Å²) >= 11 is 0. The number of ether oxygens (including phenoxy) is 1. The number of piperidine rings is 1. The normalized spacial score (nSPS) is 23.3. The Labute approximate surface area is 209 Å². The molecule has 0 radical (unpaired) electrons. The van der Waals surface area contributed by atoms with Crippen molar-refractivity contribution >= 4 is 11.8 Å². The van der Waals surface area contributed by atoms with Crippen molar-refractivity contribution in [3.63, 3.8) is 0 Å². The third kappa shape index (κ3) is 4.07. The van der Waals surface area contributed by atoms with E-state index in [9.17, 15) is 14.3 Å². The van der Waals surface area contributed by atoms with Gasteiger partial charge in [0, 0.05) is 29.1 Å². The molecule has 1 saturated carbocycles. The highest BCUT2D eigenvalue weighted by Crippen LogP contribution is 2.45. The predicted molar refractivity (Wildman–Crippen MR) is 132 cm³/mol. The lowest BCUT2D eigenvalue weighted by Gasteiger charge is -2.39. The molecule has 3 aromatic rings. The summed E-state index contributed by atoms with van der Waals surface area (Å²) < 4.78 is 27.0. The van der Waals surface area contributed by atoms with Crippen LogP contribution in [0.3, 0.4) is 0 Å². The van der Waals surface area contributed by atoms with Gasteiger partial charge < -0.3 is 19.3 Å². The van der Waals surface area contributed by atoms with Crippen LogP contribution >= 0.6 is 0 Å². The van der Waals surface area contributed by atoms with Gasteiger partial charge in [0.25, 0.3) is 0 Å². The number of hydrogen-bond acceptors (Lipinski definition) is 6. The Balaban J connectivity index is 1.20. The van der Waals surface area contributed by atoms with E-state index in [1.54, 1.807) is 19.1 Å². The number of anilines is 1. The van der Waals surface area contributed by atoms with Crippen LogP contribution in [-0.2, 0) is 11.3 Å². The minimum Gasteiger partial charge on any atom is -0.478 e. The van der Waals surface area contributed by atoms with E-state index in [2.05, 4.69) is 15.0 Å². The quantitative estimate of drug-likeness (QED) is 0.448. The summed E-state index contributed by atoms with van der Waals surface area (Å²) in [5, 5.41) is 13.6. The molecule has 2 saturated heterocycles. The van der Waals surface area contributed by atoms with Gasteiger partial charge >= 0.3 is 5.97 Å². The Morgan fingerprint density at radius 2 is 1.89 bits per heavy atom. The second-order valence-electron chi connectivity index (χ2n) is 10.4. The van der Waals surface area contributed by atoms with Crippen molar-refractivity contribution in [3.8, 4) is 11.3 Å². The molecular weight excluding hydrogens is 461 g/mol. The predicted octanol–water partition coefficient (Wildman–Crippen LogP) is 5.78. The lowest BCUT2D eigenvalue weighted by molar-refractivity contribution is 0.0146. The zero-order valence-corrected chi connectivity index (χ0v) is 20.5. The number of carboxylic acids is 1. The number of benzene rings is 1. The third-order valence-electron chi connectivity index (χ3n) is 7.94. The van der Waals surface area contributed by atoms with Gasteiger partial charge in [-0.1, -0.05) is 17.3 Å². The van der Waals surface area contributed by atoms with Crippen LogP contribution in [0.15, 0.2) is 34.9 Å². The summed E-state index contributed by atoms with van der Waals surface area (Å²) in [7, 11) is 0. The van der Waals surface area contributed by atoms with Crippen molar-refractivity contribution in [1.29, 1.82) is 0 Å². The molecule has 6 rings (SSSR count). The van der Waals surface area contributed by atoms with Gasteiger partial charge in [-0.2, -0.15) is 0 Å². The van der Waals surface area contributed by atoms with Crippen LogP contribution in [0.4, 0.5) is 10.2 Å². The largest absolute Gasteiger partial charge is 0.478 e. The topological polar surface area (TPSA) is 88.7 Å². The fourth-order valence-corrected chi connectivity index (χ4v) is 6.01. The zero-order valence-electron chi connectivity index (χ0n) is 20.5. The highest BCUT2D eigenvalue weighted by molar-refractivity contribution is 5.89. The average molecular weight is 492 g/mol. The molecule has 3 fully saturated rings. The number of pyridine rings is 1. The molecule has 36 heavy (non-hydrogen) atoms. The summed E-state index contributed by atoms with van der Waals surface area (Å²) in [6.45, 7) is 3.99. The van der Waals surface area contributed by atoms with Crippen LogP contribution in [0, 0.1) is 19.7 Å². The molecule has 4 heterocycles. The molecule has 2 bridgehead atoms. The van der Waals surface area contributed by atoms with E-state index < -0.39 is 5.97 Å². The minimum atomic E-state index is -0.953. The summed E-state index contributed by atoms with van der Waals surface area (Å²) in [5.41, 5.74) is 3.54. The van der Waals surface area contributed by atoms with Crippen LogP contribution in [0.2, 0.25) is 0 Å². The maximum Gasteiger partial charge on any atom is 0.337 e. The SMILES string of the molecule is Cc1cccc(F)c1-c1noc(C2CC2)c1COC1C[C@H]2CC[C@@H](C1)N2c1ccc(C(=O)O)c(C)n1. The minimum absolute atomic E-state index is 0.0784. The number of carboxylic acid groups (broad SMARTS) is 1. The molecule has 188 valence electrons. The first-order valence-electron chi connectivity index (χ1n) is 12.8. The zero-order chi connectivity index (χ0) is 25.0. The first-order valence-corrected chi connectivity index (χ1v) is 12.8. The van der Waals surface area contributed by atoms with Gasteiger partial charge in [0.2, 0.25) is 0 Å². The second kappa shape index (κ2) is 9.00. The molecule has 2 aromatic heterocycles. The summed E-state index contributed by atoms with van der Waals surface area (Å²) in [5.74, 6) is 0.779. The van der Waals surface area contributed by atoms with Crippen molar-refractivity contribution in [2.75, 3.05) is 4.90 Å². The third-order valence-corrected chi connectivity index (χ3v) is 7.94. The molecule has 7 nitrogen and oxygen atoms in total. The highest BCUT2D eigenvalue weighted by Gasteiger charge is 2.42. The summed E-state index contributed by atoms with van der Waals surface area (Å²) in [4.78, 5) is 18.3. The Hall–Kier alpha value is -3.26. The van der Waals surface area contributed by atoms with Gasteiger partial charge in [-0.15, -0.1) is 0 Å². The molecule has 0 spiro atoms. The standard InChI is InChI=1S/C28H30FN3O4/c1-15-4-3-5-23(29)25(15)26-22(27(36-31-26)17-6-7-17)14-35-20-12-18-8-9-19(13-20)32(18)24-11-10-21(28(33)34)16(2)30-24/h3-5,10-11,17-20H,6-9,12-14H2,1-2H3,(H,33,34)/t18-,19+,20?. The number of nitrogens with zero attached hydrogens (tertiary/aromatic N) is 3. The fraction of sp³-hybridized carbons (Fsp3) is 0.464. The van der Waals surface area contributed by atoms with Gasteiger partial charge in [0.05, 0.1) is 24.0 Å². The van der Waals surface area contributed by atoms with Crippen LogP contribution in [0.25, 0.3) is 11.3 Å². The van der Waals surface area contributed by atoms with Gasteiger partial charge in [-0.3, -0.25) is 0 Å². The number of aryl methyl sites for hydroxylation is 2. The van der Waals surface area contributed by atoms with Crippen molar-refractivity contribution < 1.29 is 23.6 Å². The Morgan fingerprint density at radius 3 is 2.53 bits per heavy atom. The molecule has 1 unspecified atom stereocenters. The van der Waals surface area contributed by atoms with Gasteiger partial charge in [0.15, 0.2) is 0 Å². The molecule has 8 heteroatoms. The molecule has 1 aliphatic carbocycles. The lowest BCUT2D eigenvalue weighted by Crippen LogP contribution is -2.46.